The lowest BCUT2D eigenvalue weighted by atomic mass is 10.0. The van der Waals surface area contributed by atoms with E-state index in [2.05, 4.69) is 15.6 Å². The van der Waals surface area contributed by atoms with Gasteiger partial charge in [0.25, 0.3) is 0 Å². The van der Waals surface area contributed by atoms with Crippen molar-refractivity contribution in [1.82, 2.24) is 10.6 Å². The molecule has 1 aliphatic rings. The second-order valence-electron chi connectivity index (χ2n) is 6.70. The molecular formula is C20H32ClN3O3. The molecule has 1 heterocycles. The number of benzene rings is 1. The van der Waals surface area contributed by atoms with Gasteiger partial charge in [-0.05, 0) is 49.8 Å². The molecule has 1 unspecified atom stereocenters. The summed E-state index contributed by atoms with van der Waals surface area (Å²) in [7, 11) is 0. The molecule has 0 saturated carbocycles. The molecule has 1 saturated heterocycles. The highest BCUT2D eigenvalue weighted by molar-refractivity contribution is 6.30. The number of nitrogens with zero attached hydrogens (tertiary/aromatic N) is 1. The molecule has 27 heavy (non-hydrogen) atoms. The lowest BCUT2D eigenvalue weighted by Gasteiger charge is -2.21. The summed E-state index contributed by atoms with van der Waals surface area (Å²) in [6.07, 6.45) is 2.46. The van der Waals surface area contributed by atoms with Gasteiger partial charge in [-0.1, -0.05) is 23.7 Å². The number of halogens is 1. The first-order chi connectivity index (χ1) is 13.2. The number of nitrogens with one attached hydrogen (secondary N) is 2. The van der Waals surface area contributed by atoms with Gasteiger partial charge in [-0.3, -0.25) is 4.99 Å². The number of aliphatic hydroxyl groups is 1. The van der Waals surface area contributed by atoms with Crippen LogP contribution in [-0.4, -0.2) is 57.1 Å². The van der Waals surface area contributed by atoms with Gasteiger partial charge < -0.3 is 25.2 Å². The fraction of sp³-hybridized carbons (Fsp3) is 0.650. The van der Waals surface area contributed by atoms with Crippen LogP contribution in [0, 0.1) is 5.92 Å². The van der Waals surface area contributed by atoms with Gasteiger partial charge in [-0.15, -0.1) is 0 Å². The maximum atomic E-state index is 10.3. The van der Waals surface area contributed by atoms with Gasteiger partial charge in [-0.2, -0.15) is 0 Å². The summed E-state index contributed by atoms with van der Waals surface area (Å²) in [5.41, 5.74) is 0.806. The molecule has 7 heteroatoms. The Morgan fingerprint density at radius 2 is 2.04 bits per heavy atom. The van der Waals surface area contributed by atoms with E-state index in [-0.39, 0.29) is 6.54 Å². The van der Waals surface area contributed by atoms with E-state index < -0.39 is 6.10 Å². The van der Waals surface area contributed by atoms with E-state index in [1.165, 1.54) is 0 Å². The summed E-state index contributed by atoms with van der Waals surface area (Å²) in [5, 5.41) is 17.4. The van der Waals surface area contributed by atoms with Crippen LogP contribution >= 0.6 is 11.6 Å². The Hall–Kier alpha value is -1.34. The van der Waals surface area contributed by atoms with Crippen LogP contribution in [0.4, 0.5) is 0 Å². The number of guanidine groups is 1. The summed E-state index contributed by atoms with van der Waals surface area (Å²) in [4.78, 5) is 4.46. The Morgan fingerprint density at radius 3 is 2.74 bits per heavy atom. The van der Waals surface area contributed by atoms with Gasteiger partial charge in [0.15, 0.2) is 5.96 Å². The molecule has 0 spiro atoms. The highest BCUT2D eigenvalue weighted by Crippen LogP contribution is 2.16. The first-order valence-corrected chi connectivity index (χ1v) is 10.2. The molecule has 1 aromatic rings. The highest BCUT2D eigenvalue weighted by Gasteiger charge is 2.13. The SMILES string of the molecule is CCNC(=NCC(O)c1ccc(Cl)cc1)NCCCOCC1CCOCC1. The number of hydrogen-bond acceptors (Lipinski definition) is 4. The van der Waals surface area contributed by atoms with Crippen molar-refractivity contribution >= 4 is 17.6 Å². The average molecular weight is 398 g/mol. The molecule has 3 N–H and O–H groups in total. The first-order valence-electron chi connectivity index (χ1n) is 9.80. The molecule has 0 aromatic heterocycles. The molecule has 0 amide bonds. The van der Waals surface area contributed by atoms with E-state index in [1.807, 2.05) is 19.1 Å². The van der Waals surface area contributed by atoms with E-state index in [0.717, 1.165) is 64.3 Å². The number of rotatable bonds is 10. The van der Waals surface area contributed by atoms with Crippen molar-refractivity contribution in [3.63, 3.8) is 0 Å². The van der Waals surface area contributed by atoms with Gasteiger partial charge in [0.2, 0.25) is 0 Å². The standard InChI is InChI=1S/C20H32ClN3O3/c1-2-22-20(24-14-19(25)17-4-6-18(21)7-5-17)23-10-3-11-27-15-16-8-12-26-13-9-16/h4-7,16,19,25H,2-3,8-15H2,1H3,(H2,22,23,24). The van der Waals surface area contributed by atoms with Gasteiger partial charge >= 0.3 is 0 Å². The predicted octanol–water partition coefficient (Wildman–Crippen LogP) is 2.76. The van der Waals surface area contributed by atoms with Crippen molar-refractivity contribution in [2.75, 3.05) is 46.1 Å². The zero-order valence-corrected chi connectivity index (χ0v) is 16.9. The van der Waals surface area contributed by atoms with Gasteiger partial charge in [0, 0.05) is 44.5 Å². The second-order valence-corrected chi connectivity index (χ2v) is 7.13. The van der Waals surface area contributed by atoms with Crippen LogP contribution in [0.1, 0.15) is 37.9 Å². The lowest BCUT2D eigenvalue weighted by molar-refractivity contribution is 0.0203. The van der Waals surface area contributed by atoms with Crippen molar-refractivity contribution < 1.29 is 14.6 Å². The molecular weight excluding hydrogens is 366 g/mol. The molecule has 6 nitrogen and oxygen atoms in total. The van der Waals surface area contributed by atoms with Crippen LogP contribution in [0.3, 0.4) is 0 Å². The van der Waals surface area contributed by atoms with E-state index in [1.54, 1.807) is 12.1 Å². The van der Waals surface area contributed by atoms with Gasteiger partial charge in [0.05, 0.1) is 12.6 Å². The third kappa shape index (κ3) is 8.93. The molecule has 1 atom stereocenters. The molecule has 1 fully saturated rings. The van der Waals surface area contributed by atoms with E-state index in [9.17, 15) is 5.11 Å². The average Bonchev–Trinajstić information content (AvgIpc) is 2.69. The monoisotopic (exact) mass is 397 g/mol. The van der Waals surface area contributed by atoms with Crippen molar-refractivity contribution in [2.45, 2.75) is 32.3 Å². The summed E-state index contributed by atoms with van der Waals surface area (Å²) in [6.45, 7) is 7.13. The zero-order chi connectivity index (χ0) is 19.3. The molecule has 0 aliphatic carbocycles. The van der Waals surface area contributed by atoms with E-state index in [4.69, 9.17) is 21.1 Å². The third-order valence-corrected chi connectivity index (χ3v) is 4.73. The van der Waals surface area contributed by atoms with Crippen molar-refractivity contribution in [3.05, 3.63) is 34.9 Å². The lowest BCUT2D eigenvalue weighted by Crippen LogP contribution is -2.38. The number of hydrogen-bond donors (Lipinski definition) is 3. The number of aliphatic hydroxyl groups excluding tert-OH is 1. The summed E-state index contributed by atoms with van der Waals surface area (Å²) < 4.78 is 11.1. The minimum Gasteiger partial charge on any atom is -0.386 e. The molecule has 1 aromatic carbocycles. The molecule has 2 rings (SSSR count). The maximum Gasteiger partial charge on any atom is 0.191 e. The summed E-state index contributed by atoms with van der Waals surface area (Å²) in [6, 6.07) is 7.18. The molecule has 152 valence electrons. The Kier molecular flexibility index (Phi) is 10.5. The van der Waals surface area contributed by atoms with Crippen LogP contribution < -0.4 is 10.6 Å². The van der Waals surface area contributed by atoms with Crippen molar-refractivity contribution in [2.24, 2.45) is 10.9 Å². The summed E-state index contributed by atoms with van der Waals surface area (Å²) >= 11 is 5.88. The largest absolute Gasteiger partial charge is 0.386 e. The second kappa shape index (κ2) is 12.9. The topological polar surface area (TPSA) is 75.1 Å². The van der Waals surface area contributed by atoms with Crippen LogP contribution in [-0.2, 0) is 9.47 Å². The minimum absolute atomic E-state index is 0.289. The van der Waals surface area contributed by atoms with Gasteiger partial charge in [0.1, 0.15) is 0 Å². The fourth-order valence-corrected chi connectivity index (χ4v) is 2.98. The molecule has 1 aliphatic heterocycles. The summed E-state index contributed by atoms with van der Waals surface area (Å²) in [5.74, 6) is 1.34. The fourth-order valence-electron chi connectivity index (χ4n) is 2.85. The Morgan fingerprint density at radius 1 is 1.30 bits per heavy atom. The predicted molar refractivity (Wildman–Crippen MR) is 109 cm³/mol. The van der Waals surface area contributed by atoms with Crippen molar-refractivity contribution in [1.29, 1.82) is 0 Å². The minimum atomic E-state index is -0.652. The Balaban J connectivity index is 1.64. The first kappa shape index (κ1) is 22.0. The maximum absolute atomic E-state index is 10.3. The number of ether oxygens (including phenoxy) is 2. The smallest absolute Gasteiger partial charge is 0.191 e. The number of aliphatic imine (C=N–C) groups is 1. The van der Waals surface area contributed by atoms with Crippen LogP contribution in [0.15, 0.2) is 29.3 Å². The van der Waals surface area contributed by atoms with Crippen LogP contribution in [0.25, 0.3) is 0 Å². The van der Waals surface area contributed by atoms with Crippen LogP contribution in [0.5, 0.6) is 0 Å². The Labute approximate surface area is 167 Å². The zero-order valence-electron chi connectivity index (χ0n) is 16.1. The Bertz CT molecular complexity index is 548. The van der Waals surface area contributed by atoms with Gasteiger partial charge in [-0.25, -0.2) is 0 Å². The van der Waals surface area contributed by atoms with Crippen LogP contribution in [0.2, 0.25) is 5.02 Å². The molecule has 0 radical (unpaired) electrons. The van der Waals surface area contributed by atoms with Crippen molar-refractivity contribution in [3.8, 4) is 0 Å². The molecule has 0 bridgehead atoms. The normalized spacial score (nSPS) is 16.9. The third-order valence-electron chi connectivity index (χ3n) is 4.47. The highest BCUT2D eigenvalue weighted by atomic mass is 35.5. The van der Waals surface area contributed by atoms with E-state index >= 15 is 0 Å². The van der Waals surface area contributed by atoms with E-state index in [0.29, 0.717) is 16.9 Å². The quantitative estimate of drug-likeness (QED) is 0.321.